The van der Waals surface area contributed by atoms with Crippen LogP contribution in [0.1, 0.15) is 0 Å². The number of nitrogens with two attached hydrogens (primary N) is 1. The van der Waals surface area contributed by atoms with Crippen molar-refractivity contribution < 1.29 is 14.2 Å². The first-order valence-corrected chi connectivity index (χ1v) is 6.41. The molecule has 106 valence electrons. The second kappa shape index (κ2) is 6.82. The number of benzene rings is 2. The van der Waals surface area contributed by atoms with Gasteiger partial charge in [-0.1, -0.05) is 24.3 Å². The summed E-state index contributed by atoms with van der Waals surface area (Å²) in [6.45, 7) is 1.07. The van der Waals surface area contributed by atoms with Crippen molar-refractivity contribution in [1.29, 1.82) is 0 Å². The molecule has 0 aliphatic rings. The number of hydrogen-bond acceptors (Lipinski definition) is 4. The van der Waals surface area contributed by atoms with E-state index in [1.165, 1.54) is 0 Å². The molecule has 0 aliphatic carbocycles. The molecule has 0 saturated heterocycles. The first kappa shape index (κ1) is 14.2. The molecule has 20 heavy (non-hydrogen) atoms. The first-order chi connectivity index (χ1) is 9.76. The zero-order chi connectivity index (χ0) is 14.4. The van der Waals surface area contributed by atoms with Crippen molar-refractivity contribution in [2.45, 2.75) is 0 Å². The fourth-order valence-corrected chi connectivity index (χ4v) is 1.97. The number of ether oxygens (including phenoxy) is 3. The van der Waals surface area contributed by atoms with Crippen molar-refractivity contribution in [1.82, 2.24) is 0 Å². The monoisotopic (exact) mass is 273 g/mol. The van der Waals surface area contributed by atoms with Gasteiger partial charge < -0.3 is 19.9 Å². The number of methoxy groups -OCH3 is 2. The lowest BCUT2D eigenvalue weighted by Crippen LogP contribution is -2.05. The van der Waals surface area contributed by atoms with E-state index in [-0.39, 0.29) is 0 Å². The van der Waals surface area contributed by atoms with Crippen molar-refractivity contribution in [3.8, 4) is 22.6 Å². The Kier molecular flexibility index (Phi) is 4.85. The zero-order valence-corrected chi connectivity index (χ0v) is 11.8. The summed E-state index contributed by atoms with van der Waals surface area (Å²) in [5, 5.41) is 0. The molecule has 4 heteroatoms. The summed E-state index contributed by atoms with van der Waals surface area (Å²) in [6, 6.07) is 13.6. The lowest BCUT2D eigenvalue weighted by molar-refractivity contribution is 0.146. The van der Waals surface area contributed by atoms with Crippen LogP contribution in [0, 0.1) is 0 Å². The van der Waals surface area contributed by atoms with Gasteiger partial charge in [-0.25, -0.2) is 0 Å². The standard InChI is InChI=1S/C16H19NO3/c1-18-9-10-20-15-6-4-3-5-13(15)12-7-8-16(19-2)14(17)11-12/h3-8,11H,9-10,17H2,1-2H3. The summed E-state index contributed by atoms with van der Waals surface area (Å²) < 4.78 is 15.9. The predicted octanol–water partition coefficient (Wildman–Crippen LogP) is 2.97. The third-order valence-electron chi connectivity index (χ3n) is 2.97. The second-order valence-electron chi connectivity index (χ2n) is 4.29. The quantitative estimate of drug-likeness (QED) is 0.649. The van der Waals surface area contributed by atoms with E-state index in [9.17, 15) is 0 Å². The van der Waals surface area contributed by atoms with Gasteiger partial charge in [-0.15, -0.1) is 0 Å². The highest BCUT2D eigenvalue weighted by Gasteiger charge is 2.08. The first-order valence-electron chi connectivity index (χ1n) is 6.41. The number of anilines is 1. The van der Waals surface area contributed by atoms with E-state index >= 15 is 0 Å². The Labute approximate surface area is 119 Å². The summed E-state index contributed by atoms with van der Waals surface area (Å²) in [5.74, 6) is 1.49. The summed E-state index contributed by atoms with van der Waals surface area (Å²) in [7, 11) is 3.26. The fourth-order valence-electron chi connectivity index (χ4n) is 1.97. The van der Waals surface area contributed by atoms with Crippen LogP contribution in [0.3, 0.4) is 0 Å². The molecule has 0 atom stereocenters. The molecule has 0 aromatic heterocycles. The van der Waals surface area contributed by atoms with Crippen LogP contribution in [0.15, 0.2) is 42.5 Å². The van der Waals surface area contributed by atoms with E-state index in [2.05, 4.69) is 0 Å². The van der Waals surface area contributed by atoms with Crippen molar-refractivity contribution in [3.05, 3.63) is 42.5 Å². The van der Waals surface area contributed by atoms with E-state index in [4.69, 9.17) is 19.9 Å². The van der Waals surface area contributed by atoms with Gasteiger partial charge >= 0.3 is 0 Å². The average molecular weight is 273 g/mol. The SMILES string of the molecule is COCCOc1ccccc1-c1ccc(OC)c(N)c1. The lowest BCUT2D eigenvalue weighted by atomic mass is 10.0. The van der Waals surface area contributed by atoms with Crippen LogP contribution >= 0.6 is 0 Å². The van der Waals surface area contributed by atoms with Gasteiger partial charge in [0, 0.05) is 12.7 Å². The maximum absolute atomic E-state index is 5.96. The Balaban J connectivity index is 2.29. The van der Waals surface area contributed by atoms with Crippen molar-refractivity contribution in [2.75, 3.05) is 33.2 Å². The molecule has 2 N–H and O–H groups in total. The molecular weight excluding hydrogens is 254 g/mol. The maximum atomic E-state index is 5.96. The Bertz CT molecular complexity index is 569. The van der Waals surface area contributed by atoms with E-state index in [1.807, 2.05) is 42.5 Å². The molecule has 2 rings (SSSR count). The Morgan fingerprint density at radius 2 is 1.75 bits per heavy atom. The molecule has 0 bridgehead atoms. The largest absolute Gasteiger partial charge is 0.495 e. The Hall–Kier alpha value is -2.20. The van der Waals surface area contributed by atoms with Crippen LogP contribution < -0.4 is 15.2 Å². The third kappa shape index (κ3) is 3.22. The molecule has 0 saturated carbocycles. The molecular formula is C16H19NO3. The van der Waals surface area contributed by atoms with Gasteiger partial charge in [0.2, 0.25) is 0 Å². The van der Waals surface area contributed by atoms with Gasteiger partial charge in [-0.2, -0.15) is 0 Å². The topological polar surface area (TPSA) is 53.7 Å². The molecule has 2 aromatic carbocycles. The number of para-hydroxylation sites is 1. The van der Waals surface area contributed by atoms with Crippen molar-refractivity contribution in [3.63, 3.8) is 0 Å². The molecule has 2 aromatic rings. The van der Waals surface area contributed by atoms with Gasteiger partial charge in [0.05, 0.1) is 19.4 Å². The van der Waals surface area contributed by atoms with Crippen LogP contribution in [-0.4, -0.2) is 27.4 Å². The highest BCUT2D eigenvalue weighted by molar-refractivity contribution is 5.75. The summed E-state index contributed by atoms with van der Waals surface area (Å²) in [4.78, 5) is 0. The van der Waals surface area contributed by atoms with Crippen LogP contribution in [-0.2, 0) is 4.74 Å². The summed E-state index contributed by atoms with van der Waals surface area (Å²) in [5.41, 5.74) is 8.56. The normalized spacial score (nSPS) is 10.3. The molecule has 0 radical (unpaired) electrons. The van der Waals surface area contributed by atoms with Gasteiger partial charge in [0.25, 0.3) is 0 Å². The minimum absolute atomic E-state index is 0.513. The highest BCUT2D eigenvalue weighted by Crippen LogP contribution is 2.33. The lowest BCUT2D eigenvalue weighted by Gasteiger charge is -2.12. The number of hydrogen-bond donors (Lipinski definition) is 1. The number of nitrogen functional groups attached to an aromatic ring is 1. The summed E-state index contributed by atoms with van der Waals surface area (Å²) in [6.07, 6.45) is 0. The smallest absolute Gasteiger partial charge is 0.141 e. The van der Waals surface area contributed by atoms with E-state index < -0.39 is 0 Å². The van der Waals surface area contributed by atoms with Crippen molar-refractivity contribution in [2.24, 2.45) is 0 Å². The van der Waals surface area contributed by atoms with Crippen LogP contribution in [0.4, 0.5) is 5.69 Å². The van der Waals surface area contributed by atoms with E-state index in [0.29, 0.717) is 24.7 Å². The third-order valence-corrected chi connectivity index (χ3v) is 2.97. The Morgan fingerprint density at radius 3 is 2.45 bits per heavy atom. The Morgan fingerprint density at radius 1 is 0.950 bits per heavy atom. The molecule has 4 nitrogen and oxygen atoms in total. The molecule has 0 amide bonds. The minimum atomic E-state index is 0.513. The van der Waals surface area contributed by atoms with Gasteiger partial charge in [-0.3, -0.25) is 0 Å². The van der Waals surface area contributed by atoms with Crippen LogP contribution in [0.2, 0.25) is 0 Å². The molecule has 0 spiro atoms. The maximum Gasteiger partial charge on any atom is 0.141 e. The van der Waals surface area contributed by atoms with E-state index in [1.54, 1.807) is 14.2 Å². The van der Waals surface area contributed by atoms with Gasteiger partial charge in [0.1, 0.15) is 18.1 Å². The molecule has 0 aliphatic heterocycles. The van der Waals surface area contributed by atoms with Gasteiger partial charge in [0.15, 0.2) is 0 Å². The van der Waals surface area contributed by atoms with E-state index in [0.717, 1.165) is 16.9 Å². The van der Waals surface area contributed by atoms with Crippen molar-refractivity contribution >= 4 is 5.69 Å². The number of rotatable bonds is 6. The van der Waals surface area contributed by atoms with Crippen LogP contribution in [0.5, 0.6) is 11.5 Å². The minimum Gasteiger partial charge on any atom is -0.495 e. The average Bonchev–Trinajstić information content (AvgIpc) is 2.48. The fraction of sp³-hybridized carbons (Fsp3) is 0.250. The highest BCUT2D eigenvalue weighted by atomic mass is 16.5. The molecule has 0 unspecified atom stereocenters. The molecule has 0 heterocycles. The predicted molar refractivity (Wildman–Crippen MR) is 80.2 cm³/mol. The second-order valence-corrected chi connectivity index (χ2v) is 4.29. The van der Waals surface area contributed by atoms with Gasteiger partial charge in [-0.05, 0) is 23.8 Å². The summed E-state index contributed by atoms with van der Waals surface area (Å²) >= 11 is 0. The zero-order valence-electron chi connectivity index (χ0n) is 11.8. The molecule has 0 fully saturated rings. The van der Waals surface area contributed by atoms with Crippen LogP contribution in [0.25, 0.3) is 11.1 Å².